The third-order valence-corrected chi connectivity index (χ3v) is 2.55. The maximum absolute atomic E-state index is 4.94. The zero-order valence-corrected chi connectivity index (χ0v) is 8.59. The molecule has 0 aromatic rings. The topological polar surface area (TPSA) is 21.3 Å². The van der Waals surface area contributed by atoms with E-state index in [-0.39, 0.29) is 0 Å². The molecule has 0 bridgehead atoms. The molecule has 1 aliphatic carbocycles. The molecule has 1 rings (SSSR count). The van der Waals surface area contributed by atoms with Gasteiger partial charge in [0.1, 0.15) is 0 Å². The number of rotatable bonds is 6. The van der Waals surface area contributed by atoms with Crippen LogP contribution in [0.25, 0.3) is 0 Å². The van der Waals surface area contributed by atoms with Crippen LogP contribution < -0.4 is 5.32 Å². The lowest BCUT2D eigenvalue weighted by Gasteiger charge is -2.01. The van der Waals surface area contributed by atoms with E-state index < -0.39 is 0 Å². The fourth-order valence-corrected chi connectivity index (χ4v) is 1.77. The molecule has 0 amide bonds. The third-order valence-electron chi connectivity index (χ3n) is 2.55. The Kier molecular flexibility index (Phi) is 5.87. The molecular formula is C11H21NO. The minimum atomic E-state index is 0.803. The summed E-state index contributed by atoms with van der Waals surface area (Å²) in [5.41, 5.74) is 0. The summed E-state index contributed by atoms with van der Waals surface area (Å²) in [6.07, 6.45) is 10.3. The van der Waals surface area contributed by atoms with Crippen molar-refractivity contribution in [1.82, 2.24) is 5.32 Å². The van der Waals surface area contributed by atoms with E-state index in [0.717, 1.165) is 25.6 Å². The Bertz CT molecular complexity index is 139. The first-order valence-corrected chi connectivity index (χ1v) is 5.30. The molecule has 1 saturated carbocycles. The number of methoxy groups -OCH3 is 1. The quantitative estimate of drug-likeness (QED) is 0.502. The molecule has 0 unspecified atom stereocenters. The highest BCUT2D eigenvalue weighted by Gasteiger charge is 2.10. The predicted octanol–water partition coefficient (Wildman–Crippen LogP) is 1.97. The van der Waals surface area contributed by atoms with Crippen molar-refractivity contribution in [3.05, 3.63) is 12.2 Å². The van der Waals surface area contributed by atoms with Crippen LogP contribution >= 0.6 is 0 Å². The Balaban J connectivity index is 1.91. The first-order chi connectivity index (χ1) is 6.43. The lowest BCUT2D eigenvalue weighted by Crippen LogP contribution is -2.18. The van der Waals surface area contributed by atoms with Gasteiger partial charge in [-0.1, -0.05) is 25.0 Å². The second-order valence-corrected chi connectivity index (χ2v) is 3.67. The minimum absolute atomic E-state index is 0.803. The van der Waals surface area contributed by atoms with Gasteiger partial charge in [0.25, 0.3) is 0 Å². The van der Waals surface area contributed by atoms with Crippen molar-refractivity contribution in [3.8, 4) is 0 Å². The van der Waals surface area contributed by atoms with E-state index in [1.165, 1.54) is 25.7 Å². The van der Waals surface area contributed by atoms with Crippen LogP contribution in [0.3, 0.4) is 0 Å². The van der Waals surface area contributed by atoms with Crippen LogP contribution in [0.2, 0.25) is 0 Å². The molecule has 1 N–H and O–H groups in total. The molecule has 0 heterocycles. The summed E-state index contributed by atoms with van der Waals surface area (Å²) < 4.78 is 4.94. The Morgan fingerprint density at radius 2 is 2.15 bits per heavy atom. The van der Waals surface area contributed by atoms with Gasteiger partial charge in [0, 0.05) is 20.2 Å². The lowest BCUT2D eigenvalue weighted by molar-refractivity contribution is 0.200. The van der Waals surface area contributed by atoms with E-state index in [4.69, 9.17) is 4.74 Å². The van der Waals surface area contributed by atoms with Crippen molar-refractivity contribution >= 4 is 0 Å². The van der Waals surface area contributed by atoms with Crippen molar-refractivity contribution in [3.63, 3.8) is 0 Å². The summed E-state index contributed by atoms with van der Waals surface area (Å²) >= 11 is 0. The van der Waals surface area contributed by atoms with Crippen LogP contribution in [0.1, 0.15) is 25.7 Å². The number of ether oxygens (including phenoxy) is 1. The predicted molar refractivity (Wildman–Crippen MR) is 55.8 cm³/mol. The van der Waals surface area contributed by atoms with Gasteiger partial charge in [-0.2, -0.15) is 0 Å². The fraction of sp³-hybridized carbons (Fsp3) is 0.818. The molecule has 0 aromatic heterocycles. The summed E-state index contributed by atoms with van der Waals surface area (Å²) in [5.74, 6) is 0.865. The van der Waals surface area contributed by atoms with E-state index >= 15 is 0 Å². The first kappa shape index (κ1) is 10.7. The van der Waals surface area contributed by atoms with Gasteiger partial charge in [-0.15, -0.1) is 0 Å². The maximum atomic E-state index is 4.94. The number of allylic oxidation sites excluding steroid dienone is 1. The lowest BCUT2D eigenvalue weighted by atomic mass is 10.1. The van der Waals surface area contributed by atoms with Crippen LogP contribution in [-0.2, 0) is 4.74 Å². The molecule has 0 spiro atoms. The second kappa shape index (κ2) is 7.10. The summed E-state index contributed by atoms with van der Waals surface area (Å²) in [7, 11) is 1.73. The smallest absolute Gasteiger partial charge is 0.0587 e. The van der Waals surface area contributed by atoms with Crippen LogP contribution in [0.5, 0.6) is 0 Å². The van der Waals surface area contributed by atoms with Gasteiger partial charge in [-0.25, -0.2) is 0 Å². The van der Waals surface area contributed by atoms with Crippen molar-refractivity contribution < 1.29 is 4.74 Å². The van der Waals surface area contributed by atoms with Crippen molar-refractivity contribution in [2.75, 3.05) is 26.8 Å². The van der Waals surface area contributed by atoms with E-state index in [0.29, 0.717) is 0 Å². The molecule has 0 aliphatic heterocycles. The van der Waals surface area contributed by atoms with Crippen molar-refractivity contribution in [2.24, 2.45) is 5.92 Å². The van der Waals surface area contributed by atoms with Gasteiger partial charge in [-0.05, 0) is 18.8 Å². The number of hydrogen-bond acceptors (Lipinski definition) is 2. The molecule has 0 atom stereocenters. The average molecular weight is 183 g/mol. The van der Waals surface area contributed by atoms with Gasteiger partial charge in [0.2, 0.25) is 0 Å². The Hall–Kier alpha value is -0.340. The van der Waals surface area contributed by atoms with Crippen molar-refractivity contribution in [2.45, 2.75) is 25.7 Å². The molecular weight excluding hydrogens is 162 g/mol. The molecule has 13 heavy (non-hydrogen) atoms. The Labute approximate surface area is 81.4 Å². The zero-order valence-electron chi connectivity index (χ0n) is 8.59. The molecule has 2 nitrogen and oxygen atoms in total. The van der Waals surface area contributed by atoms with Crippen LogP contribution in [0.4, 0.5) is 0 Å². The highest BCUT2D eigenvalue weighted by atomic mass is 16.5. The molecule has 0 radical (unpaired) electrons. The highest BCUT2D eigenvalue weighted by molar-refractivity contribution is 4.91. The monoisotopic (exact) mass is 183 g/mol. The summed E-state index contributed by atoms with van der Waals surface area (Å²) in [6.45, 7) is 2.74. The Morgan fingerprint density at radius 3 is 2.85 bits per heavy atom. The van der Waals surface area contributed by atoms with Crippen LogP contribution in [-0.4, -0.2) is 26.8 Å². The first-order valence-electron chi connectivity index (χ1n) is 5.30. The number of hydrogen-bond donors (Lipinski definition) is 1. The van der Waals surface area contributed by atoms with E-state index in [9.17, 15) is 0 Å². The molecule has 0 saturated heterocycles. The van der Waals surface area contributed by atoms with Crippen LogP contribution in [0, 0.1) is 5.92 Å². The minimum Gasteiger partial charge on any atom is -0.383 e. The van der Waals surface area contributed by atoms with Crippen LogP contribution in [0.15, 0.2) is 12.2 Å². The normalized spacial score (nSPS) is 18.8. The second-order valence-electron chi connectivity index (χ2n) is 3.67. The van der Waals surface area contributed by atoms with Gasteiger partial charge < -0.3 is 10.1 Å². The van der Waals surface area contributed by atoms with Crippen molar-refractivity contribution in [1.29, 1.82) is 0 Å². The molecule has 76 valence electrons. The van der Waals surface area contributed by atoms with E-state index in [1.807, 2.05) is 0 Å². The molecule has 2 heteroatoms. The molecule has 1 aliphatic rings. The largest absolute Gasteiger partial charge is 0.383 e. The average Bonchev–Trinajstić information content (AvgIpc) is 2.63. The molecule has 0 aromatic carbocycles. The zero-order chi connectivity index (χ0) is 9.36. The maximum Gasteiger partial charge on any atom is 0.0587 e. The van der Waals surface area contributed by atoms with Gasteiger partial charge in [-0.3, -0.25) is 0 Å². The molecule has 1 fully saturated rings. The summed E-state index contributed by atoms with van der Waals surface area (Å²) in [4.78, 5) is 0. The van der Waals surface area contributed by atoms with Gasteiger partial charge >= 0.3 is 0 Å². The standard InChI is InChI=1S/C11H21NO/c1-13-10-9-12-8-4-7-11-5-2-3-6-11/h4,7,11-12H,2-3,5-6,8-10H2,1H3. The highest BCUT2D eigenvalue weighted by Crippen LogP contribution is 2.25. The van der Waals surface area contributed by atoms with Gasteiger partial charge in [0.05, 0.1) is 6.61 Å². The summed E-state index contributed by atoms with van der Waals surface area (Å²) in [6, 6.07) is 0. The van der Waals surface area contributed by atoms with E-state index in [1.54, 1.807) is 7.11 Å². The fourth-order valence-electron chi connectivity index (χ4n) is 1.77. The summed E-state index contributed by atoms with van der Waals surface area (Å²) in [5, 5.41) is 3.30. The number of nitrogens with one attached hydrogen (secondary N) is 1. The third kappa shape index (κ3) is 5.06. The van der Waals surface area contributed by atoms with Gasteiger partial charge in [0.15, 0.2) is 0 Å². The Morgan fingerprint density at radius 1 is 1.38 bits per heavy atom. The van der Waals surface area contributed by atoms with E-state index in [2.05, 4.69) is 17.5 Å². The SMILES string of the molecule is COCCNCC=CC1CCCC1.